The van der Waals surface area contributed by atoms with E-state index in [-0.39, 0.29) is 12.0 Å². The molecule has 2 aromatic carbocycles. The molecular formula is C24H26N2O2. The second-order valence-electron chi connectivity index (χ2n) is 6.75. The summed E-state index contributed by atoms with van der Waals surface area (Å²) in [5, 5.41) is 2.92. The summed E-state index contributed by atoms with van der Waals surface area (Å²) in [6.07, 6.45) is 6.55. The first-order chi connectivity index (χ1) is 13.8. The maximum Gasteiger partial charge on any atom is 0.257 e. The number of hydrogen-bond donors (Lipinski definition) is 1. The minimum Gasteiger partial charge on any atom is -0.369 e. The van der Waals surface area contributed by atoms with E-state index >= 15 is 0 Å². The predicted octanol–water partition coefficient (Wildman–Crippen LogP) is 5.78. The molecule has 1 unspecified atom stereocenters. The minimum absolute atomic E-state index is 0.0785. The molecule has 4 heteroatoms. The first-order valence-electron chi connectivity index (χ1n) is 9.73. The zero-order valence-electron chi connectivity index (χ0n) is 16.2. The fraction of sp³-hybridized carbons (Fsp3) is 0.250. The van der Waals surface area contributed by atoms with Gasteiger partial charge in [0.2, 0.25) is 0 Å². The van der Waals surface area contributed by atoms with Crippen LogP contribution in [0.2, 0.25) is 0 Å². The van der Waals surface area contributed by atoms with Crippen LogP contribution in [0.5, 0.6) is 0 Å². The first kappa shape index (κ1) is 19.8. The summed E-state index contributed by atoms with van der Waals surface area (Å²) < 4.78 is 6.24. The Bertz CT molecular complexity index is 866. The second-order valence-corrected chi connectivity index (χ2v) is 6.75. The molecule has 1 amide bonds. The summed E-state index contributed by atoms with van der Waals surface area (Å²) >= 11 is 0. The minimum atomic E-state index is -0.170. The molecule has 0 aliphatic heterocycles. The summed E-state index contributed by atoms with van der Waals surface area (Å²) in [6, 6.07) is 21.6. The number of pyridine rings is 1. The molecule has 0 saturated heterocycles. The van der Waals surface area contributed by atoms with Crippen LogP contribution in [0.15, 0.2) is 79.1 Å². The van der Waals surface area contributed by atoms with Crippen LogP contribution in [0.1, 0.15) is 53.8 Å². The topological polar surface area (TPSA) is 51.2 Å². The SMILES string of the molecule is CCCCC(OCc1cccc(NC(=O)c2cccnc2)c1)c1ccccc1. The van der Waals surface area contributed by atoms with E-state index in [2.05, 4.69) is 29.4 Å². The van der Waals surface area contributed by atoms with Gasteiger partial charge in [0.25, 0.3) is 5.91 Å². The monoisotopic (exact) mass is 374 g/mol. The van der Waals surface area contributed by atoms with Crippen LogP contribution in [-0.2, 0) is 11.3 Å². The van der Waals surface area contributed by atoms with Crippen molar-refractivity contribution in [1.82, 2.24) is 4.98 Å². The quantitative estimate of drug-likeness (QED) is 0.516. The third kappa shape index (κ3) is 5.76. The highest BCUT2D eigenvalue weighted by Gasteiger charge is 2.12. The van der Waals surface area contributed by atoms with Crippen LogP contribution in [-0.4, -0.2) is 10.9 Å². The molecule has 1 heterocycles. The number of hydrogen-bond acceptors (Lipinski definition) is 3. The fourth-order valence-electron chi connectivity index (χ4n) is 3.04. The van der Waals surface area contributed by atoms with Crippen molar-refractivity contribution < 1.29 is 9.53 Å². The Labute approximate surface area is 166 Å². The van der Waals surface area contributed by atoms with E-state index in [1.807, 2.05) is 42.5 Å². The molecule has 3 aromatic rings. The lowest BCUT2D eigenvalue weighted by molar-refractivity contribution is 0.0324. The van der Waals surface area contributed by atoms with Crippen molar-refractivity contribution >= 4 is 11.6 Å². The summed E-state index contributed by atoms with van der Waals surface area (Å²) in [5.74, 6) is -0.170. The van der Waals surface area contributed by atoms with E-state index in [1.165, 1.54) is 5.56 Å². The van der Waals surface area contributed by atoms with Gasteiger partial charge in [0, 0.05) is 18.1 Å². The van der Waals surface area contributed by atoms with E-state index in [4.69, 9.17) is 4.74 Å². The fourth-order valence-corrected chi connectivity index (χ4v) is 3.04. The maximum absolute atomic E-state index is 12.3. The number of unbranched alkanes of at least 4 members (excludes halogenated alkanes) is 1. The number of nitrogens with zero attached hydrogens (tertiary/aromatic N) is 1. The predicted molar refractivity (Wildman–Crippen MR) is 112 cm³/mol. The Morgan fingerprint density at radius 2 is 1.93 bits per heavy atom. The van der Waals surface area contributed by atoms with Crippen LogP contribution < -0.4 is 5.32 Å². The van der Waals surface area contributed by atoms with E-state index in [9.17, 15) is 4.79 Å². The molecular weight excluding hydrogens is 348 g/mol. The molecule has 0 bridgehead atoms. The van der Waals surface area contributed by atoms with E-state index < -0.39 is 0 Å². The molecule has 0 aliphatic rings. The van der Waals surface area contributed by atoms with Crippen molar-refractivity contribution in [1.29, 1.82) is 0 Å². The van der Waals surface area contributed by atoms with Crippen LogP contribution in [0.4, 0.5) is 5.69 Å². The van der Waals surface area contributed by atoms with Crippen molar-refractivity contribution in [2.24, 2.45) is 0 Å². The highest BCUT2D eigenvalue weighted by atomic mass is 16.5. The Morgan fingerprint density at radius 1 is 1.07 bits per heavy atom. The third-order valence-corrected chi connectivity index (χ3v) is 4.55. The lowest BCUT2D eigenvalue weighted by atomic mass is 10.0. The Hall–Kier alpha value is -2.98. The lowest BCUT2D eigenvalue weighted by Crippen LogP contribution is -2.12. The molecule has 1 N–H and O–H groups in total. The van der Waals surface area contributed by atoms with Gasteiger partial charge in [-0.3, -0.25) is 9.78 Å². The van der Waals surface area contributed by atoms with Gasteiger partial charge < -0.3 is 10.1 Å². The molecule has 144 valence electrons. The number of anilines is 1. The number of carbonyl (C=O) groups is 1. The Morgan fingerprint density at radius 3 is 2.68 bits per heavy atom. The largest absolute Gasteiger partial charge is 0.369 e. The van der Waals surface area contributed by atoms with Gasteiger partial charge in [0.05, 0.1) is 18.3 Å². The van der Waals surface area contributed by atoms with Crippen LogP contribution in [0, 0.1) is 0 Å². The number of ether oxygens (including phenoxy) is 1. The number of carbonyl (C=O) groups excluding carboxylic acids is 1. The molecule has 0 radical (unpaired) electrons. The molecule has 4 nitrogen and oxygen atoms in total. The average molecular weight is 374 g/mol. The van der Waals surface area contributed by atoms with Crippen LogP contribution in [0.3, 0.4) is 0 Å². The molecule has 0 spiro atoms. The molecule has 1 atom stereocenters. The van der Waals surface area contributed by atoms with Crippen LogP contribution in [0.25, 0.3) is 0 Å². The molecule has 0 fully saturated rings. The average Bonchev–Trinajstić information content (AvgIpc) is 2.75. The van der Waals surface area contributed by atoms with Crippen molar-refractivity contribution in [3.05, 3.63) is 95.8 Å². The van der Waals surface area contributed by atoms with Gasteiger partial charge in [-0.1, -0.05) is 62.2 Å². The van der Waals surface area contributed by atoms with Gasteiger partial charge in [0.1, 0.15) is 0 Å². The smallest absolute Gasteiger partial charge is 0.257 e. The van der Waals surface area contributed by atoms with Gasteiger partial charge in [-0.05, 0) is 41.8 Å². The number of rotatable bonds is 9. The first-order valence-corrected chi connectivity index (χ1v) is 9.73. The number of amides is 1. The summed E-state index contributed by atoms with van der Waals surface area (Å²) in [7, 11) is 0. The lowest BCUT2D eigenvalue weighted by Gasteiger charge is -2.18. The highest BCUT2D eigenvalue weighted by molar-refractivity contribution is 6.04. The number of benzene rings is 2. The van der Waals surface area contributed by atoms with E-state index in [0.717, 1.165) is 30.5 Å². The van der Waals surface area contributed by atoms with Gasteiger partial charge in [-0.2, -0.15) is 0 Å². The third-order valence-electron chi connectivity index (χ3n) is 4.55. The Balaban J connectivity index is 1.63. The van der Waals surface area contributed by atoms with E-state index in [1.54, 1.807) is 24.5 Å². The van der Waals surface area contributed by atoms with Gasteiger partial charge in [-0.25, -0.2) is 0 Å². The second kappa shape index (κ2) is 10.4. The molecule has 3 rings (SSSR count). The van der Waals surface area contributed by atoms with Crippen molar-refractivity contribution in [2.75, 3.05) is 5.32 Å². The van der Waals surface area contributed by atoms with E-state index in [0.29, 0.717) is 12.2 Å². The summed E-state index contributed by atoms with van der Waals surface area (Å²) in [4.78, 5) is 16.3. The van der Waals surface area contributed by atoms with Gasteiger partial charge in [-0.15, -0.1) is 0 Å². The van der Waals surface area contributed by atoms with Crippen molar-refractivity contribution in [3.8, 4) is 0 Å². The van der Waals surface area contributed by atoms with Crippen molar-refractivity contribution in [3.63, 3.8) is 0 Å². The Kier molecular flexibility index (Phi) is 7.33. The van der Waals surface area contributed by atoms with Gasteiger partial charge in [0.15, 0.2) is 0 Å². The summed E-state index contributed by atoms with van der Waals surface area (Å²) in [6.45, 7) is 2.69. The molecule has 0 saturated carbocycles. The van der Waals surface area contributed by atoms with Gasteiger partial charge >= 0.3 is 0 Å². The standard InChI is InChI=1S/C24H26N2O2/c1-2-3-14-23(20-10-5-4-6-11-20)28-18-19-9-7-13-22(16-19)26-24(27)21-12-8-15-25-17-21/h4-13,15-17,23H,2-3,14,18H2,1H3,(H,26,27). The highest BCUT2D eigenvalue weighted by Crippen LogP contribution is 2.25. The molecule has 0 aliphatic carbocycles. The molecule has 1 aromatic heterocycles. The zero-order chi connectivity index (χ0) is 19.6. The number of aromatic nitrogens is 1. The van der Waals surface area contributed by atoms with Crippen LogP contribution >= 0.6 is 0 Å². The van der Waals surface area contributed by atoms with Crippen molar-refractivity contribution in [2.45, 2.75) is 38.9 Å². The normalized spacial score (nSPS) is 11.8. The summed E-state index contributed by atoms with van der Waals surface area (Å²) in [5.41, 5.74) is 3.52. The number of nitrogens with one attached hydrogen (secondary N) is 1. The maximum atomic E-state index is 12.3. The molecule has 28 heavy (non-hydrogen) atoms. The zero-order valence-corrected chi connectivity index (χ0v) is 16.2.